The summed E-state index contributed by atoms with van der Waals surface area (Å²) < 4.78 is 10.9. The molecule has 1 saturated heterocycles. The Morgan fingerprint density at radius 3 is 2.75 bits per heavy atom. The molecule has 2 aromatic carbocycles. The van der Waals surface area contributed by atoms with Gasteiger partial charge in [-0.3, -0.25) is 9.69 Å². The Kier molecular flexibility index (Phi) is 6.81. The first-order valence-corrected chi connectivity index (χ1v) is 9.91. The SMILES string of the molecule is COc1ccc([C@H]2CCCN2CC(=O)N[C@H](C)c2ccccc2Cl)c(OC)c1. The van der Waals surface area contributed by atoms with Crippen LogP contribution in [-0.2, 0) is 4.79 Å². The number of hydrogen-bond donors (Lipinski definition) is 1. The van der Waals surface area contributed by atoms with Gasteiger partial charge in [-0.05, 0) is 44.0 Å². The van der Waals surface area contributed by atoms with Crippen molar-refractivity contribution in [1.29, 1.82) is 0 Å². The minimum absolute atomic E-state index is 0.00759. The third-order valence-electron chi connectivity index (χ3n) is 5.26. The van der Waals surface area contributed by atoms with E-state index in [1.54, 1.807) is 14.2 Å². The number of benzene rings is 2. The quantitative estimate of drug-likeness (QED) is 0.747. The summed E-state index contributed by atoms with van der Waals surface area (Å²) in [4.78, 5) is 14.9. The molecule has 0 spiro atoms. The molecule has 6 heteroatoms. The van der Waals surface area contributed by atoms with Crippen LogP contribution in [0.3, 0.4) is 0 Å². The zero-order valence-corrected chi connectivity index (χ0v) is 17.3. The molecule has 1 fully saturated rings. The summed E-state index contributed by atoms with van der Waals surface area (Å²) >= 11 is 6.25. The first-order chi connectivity index (χ1) is 13.5. The van der Waals surface area contributed by atoms with E-state index >= 15 is 0 Å². The Morgan fingerprint density at radius 1 is 1.25 bits per heavy atom. The van der Waals surface area contributed by atoms with Crippen LogP contribution in [0.1, 0.15) is 43.0 Å². The first-order valence-electron chi connectivity index (χ1n) is 9.53. The lowest BCUT2D eigenvalue weighted by Crippen LogP contribution is -2.38. The number of halogens is 1. The lowest BCUT2D eigenvalue weighted by atomic mass is 10.0. The highest BCUT2D eigenvalue weighted by molar-refractivity contribution is 6.31. The topological polar surface area (TPSA) is 50.8 Å². The number of amides is 1. The predicted molar refractivity (Wildman–Crippen MR) is 111 cm³/mol. The van der Waals surface area contributed by atoms with Gasteiger partial charge in [-0.15, -0.1) is 0 Å². The molecule has 0 aromatic heterocycles. The molecule has 0 saturated carbocycles. The Balaban J connectivity index is 1.68. The zero-order valence-electron chi connectivity index (χ0n) is 16.6. The summed E-state index contributed by atoms with van der Waals surface area (Å²) in [5, 5.41) is 3.73. The van der Waals surface area contributed by atoms with Crippen LogP contribution in [0.5, 0.6) is 11.5 Å². The van der Waals surface area contributed by atoms with Gasteiger partial charge in [-0.2, -0.15) is 0 Å². The van der Waals surface area contributed by atoms with Crippen LogP contribution in [0.2, 0.25) is 5.02 Å². The van der Waals surface area contributed by atoms with Gasteiger partial charge in [-0.25, -0.2) is 0 Å². The van der Waals surface area contributed by atoms with Gasteiger partial charge in [0.05, 0.1) is 26.8 Å². The van der Waals surface area contributed by atoms with Gasteiger partial charge in [0.1, 0.15) is 11.5 Å². The van der Waals surface area contributed by atoms with E-state index in [1.807, 2.05) is 49.4 Å². The lowest BCUT2D eigenvalue weighted by Gasteiger charge is -2.26. The lowest BCUT2D eigenvalue weighted by molar-refractivity contribution is -0.123. The Bertz CT molecular complexity index is 827. The molecule has 3 rings (SSSR count). The molecule has 1 aliphatic heterocycles. The molecule has 0 bridgehead atoms. The smallest absolute Gasteiger partial charge is 0.234 e. The fraction of sp³-hybridized carbons (Fsp3) is 0.409. The second-order valence-electron chi connectivity index (χ2n) is 7.05. The summed E-state index contributed by atoms with van der Waals surface area (Å²) in [5.41, 5.74) is 2.01. The van der Waals surface area contributed by atoms with Crippen molar-refractivity contribution in [1.82, 2.24) is 10.2 Å². The molecule has 2 atom stereocenters. The maximum absolute atomic E-state index is 12.7. The Morgan fingerprint density at radius 2 is 2.04 bits per heavy atom. The monoisotopic (exact) mass is 402 g/mol. The van der Waals surface area contributed by atoms with E-state index < -0.39 is 0 Å². The van der Waals surface area contributed by atoms with E-state index in [0.29, 0.717) is 11.6 Å². The standard InChI is InChI=1S/C22H27ClN2O3/c1-15(17-7-4-5-8-19(17)23)24-22(26)14-25-12-6-9-20(25)18-11-10-16(27-2)13-21(18)28-3/h4-5,7-8,10-11,13,15,20H,6,9,12,14H2,1-3H3,(H,24,26)/t15-,20-/m1/s1. The molecule has 1 N–H and O–H groups in total. The van der Waals surface area contributed by atoms with Crippen LogP contribution in [0.4, 0.5) is 0 Å². The van der Waals surface area contributed by atoms with Crippen LogP contribution < -0.4 is 14.8 Å². The van der Waals surface area contributed by atoms with E-state index in [0.717, 1.165) is 42.0 Å². The van der Waals surface area contributed by atoms with E-state index in [4.69, 9.17) is 21.1 Å². The molecular formula is C22H27ClN2O3. The van der Waals surface area contributed by atoms with Gasteiger partial charge >= 0.3 is 0 Å². The van der Waals surface area contributed by atoms with E-state index in [2.05, 4.69) is 10.2 Å². The van der Waals surface area contributed by atoms with Crippen LogP contribution in [0, 0.1) is 0 Å². The van der Waals surface area contributed by atoms with Gasteiger partial charge in [0.2, 0.25) is 5.91 Å². The largest absolute Gasteiger partial charge is 0.497 e. The minimum atomic E-state index is -0.141. The number of hydrogen-bond acceptors (Lipinski definition) is 4. The number of carbonyl (C=O) groups is 1. The third kappa shape index (κ3) is 4.59. The molecule has 2 aromatic rings. The minimum Gasteiger partial charge on any atom is -0.497 e. The summed E-state index contributed by atoms with van der Waals surface area (Å²) in [6.07, 6.45) is 2.04. The van der Waals surface area contributed by atoms with E-state index in [1.165, 1.54) is 0 Å². The van der Waals surface area contributed by atoms with E-state index in [-0.39, 0.29) is 18.0 Å². The van der Waals surface area contributed by atoms with Crippen molar-refractivity contribution >= 4 is 17.5 Å². The second kappa shape index (κ2) is 9.30. The number of ether oxygens (including phenoxy) is 2. The molecule has 0 radical (unpaired) electrons. The highest BCUT2D eigenvalue weighted by Gasteiger charge is 2.30. The van der Waals surface area contributed by atoms with Crippen molar-refractivity contribution < 1.29 is 14.3 Å². The van der Waals surface area contributed by atoms with Crippen LogP contribution >= 0.6 is 11.6 Å². The van der Waals surface area contributed by atoms with Crippen molar-refractivity contribution in [3.63, 3.8) is 0 Å². The number of nitrogens with zero attached hydrogens (tertiary/aromatic N) is 1. The number of carbonyl (C=O) groups excluding carboxylic acids is 1. The third-order valence-corrected chi connectivity index (χ3v) is 5.60. The Hall–Kier alpha value is -2.24. The van der Waals surface area contributed by atoms with Gasteiger partial charge in [0.15, 0.2) is 0 Å². The van der Waals surface area contributed by atoms with Crippen LogP contribution in [0.25, 0.3) is 0 Å². The van der Waals surface area contributed by atoms with Crippen molar-refractivity contribution in [3.05, 3.63) is 58.6 Å². The number of nitrogens with one attached hydrogen (secondary N) is 1. The number of rotatable bonds is 7. The van der Waals surface area contributed by atoms with Crippen molar-refractivity contribution in [2.45, 2.75) is 31.8 Å². The molecular weight excluding hydrogens is 376 g/mol. The highest BCUT2D eigenvalue weighted by atomic mass is 35.5. The van der Waals surface area contributed by atoms with Crippen molar-refractivity contribution in [2.75, 3.05) is 27.3 Å². The van der Waals surface area contributed by atoms with Gasteiger partial charge < -0.3 is 14.8 Å². The van der Waals surface area contributed by atoms with Gasteiger partial charge in [0, 0.05) is 22.7 Å². The Labute approximate surface area is 171 Å². The normalized spacial score (nSPS) is 17.9. The average Bonchev–Trinajstić information content (AvgIpc) is 3.15. The fourth-order valence-corrected chi connectivity index (χ4v) is 4.14. The van der Waals surface area contributed by atoms with Crippen molar-refractivity contribution in [2.24, 2.45) is 0 Å². The highest BCUT2D eigenvalue weighted by Crippen LogP contribution is 2.38. The maximum Gasteiger partial charge on any atom is 0.234 e. The van der Waals surface area contributed by atoms with Crippen LogP contribution in [0.15, 0.2) is 42.5 Å². The average molecular weight is 403 g/mol. The molecule has 1 amide bonds. The number of likely N-dealkylation sites (tertiary alicyclic amines) is 1. The van der Waals surface area contributed by atoms with Crippen molar-refractivity contribution in [3.8, 4) is 11.5 Å². The van der Waals surface area contributed by atoms with Gasteiger partial charge in [-0.1, -0.05) is 35.9 Å². The maximum atomic E-state index is 12.7. The summed E-state index contributed by atoms with van der Waals surface area (Å²) in [6.45, 7) is 3.18. The van der Waals surface area contributed by atoms with E-state index in [9.17, 15) is 4.79 Å². The summed E-state index contributed by atoms with van der Waals surface area (Å²) in [6, 6.07) is 13.5. The fourth-order valence-electron chi connectivity index (χ4n) is 3.84. The molecule has 150 valence electrons. The van der Waals surface area contributed by atoms with Crippen LogP contribution in [-0.4, -0.2) is 38.1 Å². The zero-order chi connectivity index (χ0) is 20.1. The molecule has 5 nitrogen and oxygen atoms in total. The number of methoxy groups -OCH3 is 2. The predicted octanol–water partition coefficient (Wildman–Crippen LogP) is 4.37. The summed E-state index contributed by atoms with van der Waals surface area (Å²) in [5.74, 6) is 1.55. The second-order valence-corrected chi connectivity index (χ2v) is 7.45. The molecule has 1 heterocycles. The van der Waals surface area contributed by atoms with Gasteiger partial charge in [0.25, 0.3) is 0 Å². The first kappa shape index (κ1) is 20.5. The molecule has 0 unspecified atom stereocenters. The summed E-state index contributed by atoms with van der Waals surface area (Å²) in [7, 11) is 3.30. The molecule has 0 aliphatic carbocycles. The molecule has 28 heavy (non-hydrogen) atoms. The molecule has 1 aliphatic rings.